The van der Waals surface area contributed by atoms with Gasteiger partial charge in [-0.05, 0) is 48.9 Å². The van der Waals surface area contributed by atoms with E-state index in [-0.39, 0.29) is 12.5 Å². The van der Waals surface area contributed by atoms with Gasteiger partial charge in [-0.15, -0.1) is 0 Å². The van der Waals surface area contributed by atoms with E-state index in [2.05, 4.69) is 20.4 Å². The molecule has 2 heterocycles. The van der Waals surface area contributed by atoms with Gasteiger partial charge >= 0.3 is 0 Å². The molecule has 0 aliphatic rings. The highest BCUT2D eigenvalue weighted by Crippen LogP contribution is 2.19. The lowest BCUT2D eigenvalue weighted by molar-refractivity contribution is 0.0946. The highest BCUT2D eigenvalue weighted by atomic mass is 16.5. The summed E-state index contributed by atoms with van der Waals surface area (Å²) in [6.45, 7) is 2.82. The minimum absolute atomic E-state index is 0.151. The van der Waals surface area contributed by atoms with E-state index in [1.165, 1.54) is 0 Å². The first-order valence-electron chi connectivity index (χ1n) is 9.44. The molecule has 0 atom stereocenters. The third-order valence-electron chi connectivity index (χ3n) is 4.71. The van der Waals surface area contributed by atoms with Gasteiger partial charge in [0, 0.05) is 30.1 Å². The summed E-state index contributed by atoms with van der Waals surface area (Å²) in [5, 5.41) is 6.76. The molecule has 0 radical (unpaired) electrons. The molecule has 0 unspecified atom stereocenters. The van der Waals surface area contributed by atoms with Crippen LogP contribution in [-0.4, -0.2) is 32.7 Å². The van der Waals surface area contributed by atoms with Gasteiger partial charge in [-0.25, -0.2) is 4.98 Å². The van der Waals surface area contributed by atoms with Crippen LogP contribution in [0.5, 0.6) is 5.75 Å². The van der Waals surface area contributed by atoms with Crippen molar-refractivity contribution in [2.24, 2.45) is 0 Å². The molecule has 0 saturated heterocycles. The molecule has 152 valence electrons. The number of benzene rings is 2. The van der Waals surface area contributed by atoms with Crippen molar-refractivity contribution >= 4 is 5.91 Å². The maximum Gasteiger partial charge on any atom is 0.251 e. The Hall–Kier alpha value is -3.94. The first-order valence-corrected chi connectivity index (χ1v) is 9.44. The van der Waals surface area contributed by atoms with E-state index in [0.29, 0.717) is 23.8 Å². The number of amides is 1. The Bertz CT molecular complexity index is 1130. The summed E-state index contributed by atoms with van der Waals surface area (Å²) < 4.78 is 12.4. The van der Waals surface area contributed by atoms with E-state index < -0.39 is 0 Å². The molecule has 8 heteroatoms. The van der Waals surface area contributed by atoms with Crippen LogP contribution in [0.2, 0.25) is 0 Å². The van der Waals surface area contributed by atoms with Gasteiger partial charge in [-0.2, -0.15) is 4.98 Å². The van der Waals surface area contributed by atoms with Crippen molar-refractivity contribution in [2.75, 3.05) is 7.11 Å². The van der Waals surface area contributed by atoms with Crippen LogP contribution in [0.15, 0.2) is 65.4 Å². The van der Waals surface area contributed by atoms with Crippen molar-refractivity contribution < 1.29 is 14.1 Å². The number of hydrogen-bond acceptors (Lipinski definition) is 6. The van der Waals surface area contributed by atoms with Crippen LogP contribution >= 0.6 is 0 Å². The Morgan fingerprint density at radius 1 is 1.13 bits per heavy atom. The van der Waals surface area contributed by atoms with Crippen molar-refractivity contribution in [1.29, 1.82) is 0 Å². The maximum atomic E-state index is 12.4. The molecule has 4 aromatic rings. The molecule has 0 bridgehead atoms. The number of nitrogens with one attached hydrogen (secondary N) is 1. The molecule has 30 heavy (non-hydrogen) atoms. The number of imidazole rings is 1. The van der Waals surface area contributed by atoms with Crippen LogP contribution in [0, 0.1) is 6.92 Å². The Labute approximate surface area is 173 Å². The molecule has 0 saturated carbocycles. The number of nitrogens with zero attached hydrogens (tertiary/aromatic N) is 4. The zero-order valence-corrected chi connectivity index (χ0v) is 16.7. The lowest BCUT2D eigenvalue weighted by atomic mass is 10.1. The first-order chi connectivity index (χ1) is 14.6. The number of ether oxygens (including phenoxy) is 1. The summed E-state index contributed by atoms with van der Waals surface area (Å²) in [6, 6.07) is 14.8. The van der Waals surface area contributed by atoms with Crippen LogP contribution in [0.1, 0.15) is 27.6 Å². The van der Waals surface area contributed by atoms with Crippen molar-refractivity contribution in [3.63, 3.8) is 0 Å². The van der Waals surface area contributed by atoms with Gasteiger partial charge in [0.1, 0.15) is 11.6 Å². The van der Waals surface area contributed by atoms with E-state index in [4.69, 9.17) is 9.26 Å². The lowest BCUT2D eigenvalue weighted by Gasteiger charge is -2.07. The molecular formula is C22H21N5O3. The largest absolute Gasteiger partial charge is 0.497 e. The number of hydrogen-bond donors (Lipinski definition) is 1. The average Bonchev–Trinajstić information content (AvgIpc) is 3.42. The zero-order valence-electron chi connectivity index (χ0n) is 16.7. The molecule has 0 aliphatic heterocycles. The normalized spacial score (nSPS) is 10.7. The van der Waals surface area contributed by atoms with Gasteiger partial charge in [0.2, 0.25) is 11.7 Å². The summed E-state index contributed by atoms with van der Waals surface area (Å²) in [5.74, 6) is 2.29. The Kier molecular flexibility index (Phi) is 5.56. The van der Waals surface area contributed by atoms with Gasteiger partial charge in [-0.3, -0.25) is 4.79 Å². The fraction of sp³-hybridized carbons (Fsp3) is 0.182. The van der Waals surface area contributed by atoms with Crippen LogP contribution in [0.25, 0.3) is 11.4 Å². The number of aryl methyl sites for hydroxylation is 1. The van der Waals surface area contributed by atoms with E-state index in [9.17, 15) is 4.79 Å². The topological polar surface area (TPSA) is 95.1 Å². The molecule has 0 aliphatic carbocycles. The van der Waals surface area contributed by atoms with Crippen LogP contribution in [0.3, 0.4) is 0 Å². The first kappa shape index (κ1) is 19.4. The minimum Gasteiger partial charge on any atom is -0.497 e. The number of carbonyl (C=O) groups excluding carboxylic acids is 1. The Balaban J connectivity index is 1.34. The molecule has 1 amide bonds. The monoisotopic (exact) mass is 403 g/mol. The average molecular weight is 403 g/mol. The molecule has 4 rings (SSSR count). The number of methoxy groups -OCH3 is 1. The number of carbonyl (C=O) groups is 1. The van der Waals surface area contributed by atoms with Crippen LogP contribution < -0.4 is 10.1 Å². The Morgan fingerprint density at radius 2 is 1.90 bits per heavy atom. The summed E-state index contributed by atoms with van der Waals surface area (Å²) in [6.07, 6.45) is 3.70. The molecule has 2 aromatic heterocycles. The summed E-state index contributed by atoms with van der Waals surface area (Å²) in [4.78, 5) is 21.0. The van der Waals surface area contributed by atoms with Gasteiger partial charge in [-0.1, -0.05) is 17.3 Å². The lowest BCUT2D eigenvalue weighted by Crippen LogP contribution is -2.22. The van der Waals surface area contributed by atoms with Gasteiger partial charge < -0.3 is 19.1 Å². The number of rotatable bonds is 7. The molecular weight excluding hydrogens is 382 g/mol. The second-order valence-corrected chi connectivity index (χ2v) is 6.72. The smallest absolute Gasteiger partial charge is 0.251 e. The van der Waals surface area contributed by atoms with E-state index >= 15 is 0 Å². The molecule has 0 fully saturated rings. The van der Waals surface area contributed by atoms with Gasteiger partial charge in [0.05, 0.1) is 13.7 Å². The van der Waals surface area contributed by atoms with Crippen molar-refractivity contribution in [2.45, 2.75) is 20.0 Å². The highest BCUT2D eigenvalue weighted by Gasteiger charge is 2.11. The predicted octanol–water partition coefficient (Wildman–Crippen LogP) is 3.23. The molecule has 1 N–H and O–H groups in total. The van der Waals surface area contributed by atoms with E-state index in [1.807, 2.05) is 54.1 Å². The third-order valence-corrected chi connectivity index (χ3v) is 4.71. The Morgan fingerprint density at radius 3 is 2.57 bits per heavy atom. The van der Waals surface area contributed by atoms with Crippen LogP contribution in [-0.2, 0) is 13.1 Å². The molecule has 8 nitrogen and oxygen atoms in total. The van der Waals surface area contributed by atoms with Crippen LogP contribution in [0.4, 0.5) is 0 Å². The van der Waals surface area contributed by atoms with Crippen molar-refractivity contribution in [3.8, 4) is 17.1 Å². The maximum absolute atomic E-state index is 12.4. The quantitative estimate of drug-likeness (QED) is 0.509. The minimum atomic E-state index is -0.204. The zero-order chi connectivity index (χ0) is 20.9. The number of aromatic nitrogens is 4. The predicted molar refractivity (Wildman–Crippen MR) is 110 cm³/mol. The van der Waals surface area contributed by atoms with Gasteiger partial charge in [0.15, 0.2) is 0 Å². The fourth-order valence-corrected chi connectivity index (χ4v) is 2.97. The molecule has 2 aromatic carbocycles. The fourth-order valence-electron chi connectivity index (χ4n) is 2.97. The van der Waals surface area contributed by atoms with E-state index in [1.54, 1.807) is 25.4 Å². The summed E-state index contributed by atoms with van der Waals surface area (Å²) in [7, 11) is 1.61. The van der Waals surface area contributed by atoms with Crippen molar-refractivity contribution in [1.82, 2.24) is 25.0 Å². The summed E-state index contributed by atoms with van der Waals surface area (Å²) in [5.41, 5.74) is 2.46. The third kappa shape index (κ3) is 4.38. The standard InChI is InChI=1S/C22H21N5O3/c1-15-23-11-12-27(15)14-16-3-5-18(6-4-16)22(28)24-13-20-25-21(26-30-20)17-7-9-19(29-2)10-8-17/h3-12H,13-14H2,1-2H3,(H,24,28). The molecule has 0 spiro atoms. The second-order valence-electron chi connectivity index (χ2n) is 6.72. The second kappa shape index (κ2) is 8.60. The highest BCUT2D eigenvalue weighted by molar-refractivity contribution is 5.94. The summed E-state index contributed by atoms with van der Waals surface area (Å²) >= 11 is 0. The van der Waals surface area contributed by atoms with Gasteiger partial charge in [0.25, 0.3) is 5.91 Å². The van der Waals surface area contributed by atoms with Crippen molar-refractivity contribution in [3.05, 3.63) is 83.8 Å². The van der Waals surface area contributed by atoms with E-state index in [0.717, 1.165) is 22.7 Å². The SMILES string of the molecule is COc1ccc(-c2noc(CNC(=O)c3ccc(Cn4ccnc4C)cc3)n2)cc1.